The number of para-hydroxylation sites is 2. The van der Waals surface area contributed by atoms with Crippen molar-refractivity contribution in [1.82, 2.24) is 9.97 Å². The van der Waals surface area contributed by atoms with Crippen LogP contribution in [0.5, 0.6) is 0 Å². The number of fused-ring (bicyclic) bond motifs is 1. The van der Waals surface area contributed by atoms with Crippen LogP contribution in [0.2, 0.25) is 0 Å². The van der Waals surface area contributed by atoms with Crippen LogP contribution in [-0.4, -0.2) is 9.97 Å². The summed E-state index contributed by atoms with van der Waals surface area (Å²) in [5.74, 6) is 0. The molecule has 0 atom stereocenters. The largest absolute Gasteiger partial charge is 0.252 e. The molecule has 0 fully saturated rings. The second-order valence-corrected chi connectivity index (χ2v) is 6.31. The van der Waals surface area contributed by atoms with Crippen LogP contribution in [0.4, 0.5) is 0 Å². The minimum atomic E-state index is 0.899. The van der Waals surface area contributed by atoms with Crippen molar-refractivity contribution in [1.29, 1.82) is 0 Å². The van der Waals surface area contributed by atoms with E-state index in [0.717, 1.165) is 24.7 Å². The smallest absolute Gasteiger partial charge is 0.144 e. The molecule has 0 unspecified atom stereocenters. The van der Waals surface area contributed by atoms with Gasteiger partial charge in [-0.2, -0.15) is 0 Å². The van der Waals surface area contributed by atoms with Gasteiger partial charge in [-0.15, -0.1) is 22.7 Å². The molecule has 0 bridgehead atoms. The van der Waals surface area contributed by atoms with Crippen molar-refractivity contribution in [3.05, 3.63) is 39.0 Å². The minimum Gasteiger partial charge on any atom is -0.252 e. The topological polar surface area (TPSA) is 25.8 Å². The van der Waals surface area contributed by atoms with Gasteiger partial charge in [-0.3, -0.25) is 4.98 Å². The summed E-state index contributed by atoms with van der Waals surface area (Å²) < 4.78 is 0.921. The molecular weight excluding hydrogens is 256 g/mol. The molecule has 2 nitrogen and oxygen atoms in total. The number of aromatic nitrogens is 2. The van der Waals surface area contributed by atoms with Gasteiger partial charge in [0, 0.05) is 5.38 Å². The molecule has 2 aromatic heterocycles. The maximum atomic E-state index is 5.12. The molecule has 0 aliphatic rings. The number of benzene rings is 1. The molecule has 0 spiro atoms. The van der Waals surface area contributed by atoms with Gasteiger partial charge in [0.15, 0.2) is 0 Å². The van der Waals surface area contributed by atoms with Crippen LogP contribution in [0.1, 0.15) is 0 Å². The summed E-state index contributed by atoms with van der Waals surface area (Å²) in [6, 6.07) is 7.86. The lowest BCUT2D eigenvalue weighted by Gasteiger charge is -1.98. The van der Waals surface area contributed by atoms with Crippen LogP contribution >= 0.6 is 34.9 Å². The van der Waals surface area contributed by atoms with Crippen LogP contribution in [0, 0.1) is 3.14 Å². The van der Waals surface area contributed by atoms with Gasteiger partial charge >= 0.3 is 0 Å². The van der Waals surface area contributed by atoms with Gasteiger partial charge in [-0.1, -0.05) is 24.4 Å². The van der Waals surface area contributed by atoms with Gasteiger partial charge in [0.25, 0.3) is 0 Å². The molecule has 16 heavy (non-hydrogen) atoms. The maximum Gasteiger partial charge on any atom is 0.144 e. The van der Waals surface area contributed by atoms with Crippen LogP contribution in [0.15, 0.2) is 35.8 Å². The zero-order chi connectivity index (χ0) is 11.0. The van der Waals surface area contributed by atoms with Crippen LogP contribution in [0.3, 0.4) is 0 Å². The molecule has 3 rings (SSSR count). The van der Waals surface area contributed by atoms with E-state index in [9.17, 15) is 0 Å². The Morgan fingerprint density at radius 3 is 2.69 bits per heavy atom. The molecule has 0 aliphatic heterocycles. The summed E-state index contributed by atoms with van der Waals surface area (Å²) in [6.45, 7) is 0. The molecule has 2 heterocycles. The van der Waals surface area contributed by atoms with E-state index in [1.165, 1.54) is 0 Å². The van der Waals surface area contributed by atoms with Gasteiger partial charge < -0.3 is 0 Å². The lowest BCUT2D eigenvalue weighted by molar-refractivity contribution is 1.30. The zero-order valence-corrected chi connectivity index (χ0v) is 10.5. The third-order valence-electron chi connectivity index (χ3n) is 2.16. The molecule has 0 saturated heterocycles. The van der Waals surface area contributed by atoms with Crippen molar-refractivity contribution >= 4 is 45.9 Å². The Morgan fingerprint density at radius 1 is 1.12 bits per heavy atom. The van der Waals surface area contributed by atoms with Gasteiger partial charge in [-0.05, 0) is 12.1 Å². The fourth-order valence-electron chi connectivity index (χ4n) is 1.43. The summed E-state index contributed by atoms with van der Waals surface area (Å²) in [5.41, 5.74) is 2.74. The van der Waals surface area contributed by atoms with Crippen molar-refractivity contribution < 1.29 is 0 Å². The molecule has 1 aromatic carbocycles. The molecule has 5 heteroatoms. The van der Waals surface area contributed by atoms with E-state index in [2.05, 4.69) is 9.97 Å². The van der Waals surface area contributed by atoms with E-state index >= 15 is 0 Å². The monoisotopic (exact) mass is 262 g/mol. The molecule has 0 N–H and O–H groups in total. The third-order valence-corrected chi connectivity index (χ3v) is 4.64. The Balaban J connectivity index is 2.22. The van der Waals surface area contributed by atoms with Gasteiger partial charge in [0.2, 0.25) is 0 Å². The summed E-state index contributed by atoms with van der Waals surface area (Å²) in [5, 5.41) is 2.03. The van der Waals surface area contributed by atoms with E-state index in [0.29, 0.717) is 0 Å². The Hall–Kier alpha value is -1.17. The second kappa shape index (κ2) is 4.01. The third kappa shape index (κ3) is 1.77. The molecule has 0 saturated carbocycles. The predicted molar refractivity (Wildman–Crippen MR) is 71.6 cm³/mol. The lowest BCUT2D eigenvalue weighted by Crippen LogP contribution is -1.85. The van der Waals surface area contributed by atoms with Crippen LogP contribution < -0.4 is 0 Å². The number of hydrogen-bond donors (Lipinski definition) is 0. The van der Waals surface area contributed by atoms with Gasteiger partial charge in [-0.25, -0.2) is 4.98 Å². The molecular formula is C11H6N2S3. The fraction of sp³-hybridized carbons (Fsp3) is 0. The van der Waals surface area contributed by atoms with E-state index < -0.39 is 0 Å². The van der Waals surface area contributed by atoms with Gasteiger partial charge in [0.05, 0.1) is 22.1 Å². The first-order chi connectivity index (χ1) is 7.83. The summed E-state index contributed by atoms with van der Waals surface area (Å²) in [7, 11) is 0. The van der Waals surface area contributed by atoms with Crippen molar-refractivity contribution in [3.63, 3.8) is 0 Å². The van der Waals surface area contributed by atoms with E-state index in [-0.39, 0.29) is 0 Å². The highest BCUT2D eigenvalue weighted by Gasteiger charge is 2.03. The molecule has 0 amide bonds. The van der Waals surface area contributed by atoms with Crippen molar-refractivity contribution in [2.45, 2.75) is 0 Å². The lowest BCUT2D eigenvalue weighted by atomic mass is 10.3. The highest BCUT2D eigenvalue weighted by Crippen LogP contribution is 2.27. The first-order valence-electron chi connectivity index (χ1n) is 4.64. The Kier molecular flexibility index (Phi) is 2.51. The molecule has 0 aliphatic carbocycles. The van der Waals surface area contributed by atoms with E-state index in [1.807, 2.05) is 29.6 Å². The predicted octanol–water partition coefficient (Wildman–Crippen LogP) is 4.15. The van der Waals surface area contributed by atoms with Crippen molar-refractivity contribution in [3.8, 4) is 10.6 Å². The zero-order valence-electron chi connectivity index (χ0n) is 8.08. The van der Waals surface area contributed by atoms with E-state index in [4.69, 9.17) is 12.2 Å². The molecule has 78 valence electrons. The second-order valence-electron chi connectivity index (χ2n) is 3.20. The highest BCUT2D eigenvalue weighted by atomic mass is 32.2. The normalized spacial score (nSPS) is 10.8. The summed E-state index contributed by atoms with van der Waals surface area (Å²) >= 11 is 8.27. The van der Waals surface area contributed by atoms with Crippen LogP contribution in [-0.2, 0) is 0 Å². The van der Waals surface area contributed by atoms with Crippen molar-refractivity contribution in [2.24, 2.45) is 0 Å². The average molecular weight is 262 g/mol. The number of rotatable bonds is 1. The number of hydrogen-bond acceptors (Lipinski definition) is 5. The van der Waals surface area contributed by atoms with Gasteiger partial charge in [0.1, 0.15) is 8.83 Å². The highest BCUT2D eigenvalue weighted by molar-refractivity contribution is 7.76. The first-order valence-corrected chi connectivity index (χ1v) is 6.74. The Labute approximate surface area is 105 Å². The minimum absolute atomic E-state index is 0.899. The molecule has 0 radical (unpaired) electrons. The maximum absolute atomic E-state index is 5.12. The van der Waals surface area contributed by atoms with Crippen LogP contribution in [0.25, 0.3) is 21.6 Å². The fourth-order valence-corrected chi connectivity index (χ4v) is 3.49. The average Bonchev–Trinajstić information content (AvgIpc) is 2.75. The van der Waals surface area contributed by atoms with Crippen molar-refractivity contribution in [2.75, 3.05) is 0 Å². The SMILES string of the molecule is S=c1scc(-c2cnc3ccccc3n2)s1. The Morgan fingerprint density at radius 2 is 1.94 bits per heavy atom. The Bertz CT molecular complexity index is 699. The summed E-state index contributed by atoms with van der Waals surface area (Å²) in [4.78, 5) is 10.0. The van der Waals surface area contributed by atoms with E-state index in [1.54, 1.807) is 28.9 Å². The molecule has 3 aromatic rings. The first kappa shape index (κ1) is 10.0. The number of nitrogens with zero attached hydrogens (tertiary/aromatic N) is 2. The summed E-state index contributed by atoms with van der Waals surface area (Å²) in [6.07, 6.45) is 1.80. The standard InChI is InChI=1S/C11H6N2S3/c14-11-15-6-10(16-11)9-5-12-7-3-1-2-4-8(7)13-9/h1-6H. The quantitative estimate of drug-likeness (QED) is 0.616.